The van der Waals surface area contributed by atoms with E-state index in [1.54, 1.807) is 6.08 Å². The molecule has 0 atom stereocenters. The van der Waals surface area contributed by atoms with Crippen LogP contribution in [0.3, 0.4) is 0 Å². The van der Waals surface area contributed by atoms with Gasteiger partial charge in [-0.1, -0.05) is 37.0 Å². The Kier molecular flexibility index (Phi) is 6.59. The summed E-state index contributed by atoms with van der Waals surface area (Å²) in [6.07, 6.45) is 12.4. The summed E-state index contributed by atoms with van der Waals surface area (Å²) >= 11 is 0. The molecule has 0 aromatic carbocycles. The Morgan fingerprint density at radius 1 is 1.22 bits per heavy atom. The van der Waals surface area contributed by atoms with Crippen LogP contribution in [0.15, 0.2) is 37.0 Å². The zero-order valence-corrected chi connectivity index (χ0v) is 6.01. The van der Waals surface area contributed by atoms with Crippen LogP contribution >= 0.6 is 0 Å². The van der Waals surface area contributed by atoms with E-state index in [-0.39, 0.29) is 0 Å². The lowest BCUT2D eigenvalue weighted by Crippen LogP contribution is -1.61. The Morgan fingerprint density at radius 3 is 2.44 bits per heavy atom. The second-order valence-electron chi connectivity index (χ2n) is 1.81. The van der Waals surface area contributed by atoms with Crippen molar-refractivity contribution in [2.24, 2.45) is 0 Å². The van der Waals surface area contributed by atoms with Crippen LogP contribution in [-0.2, 0) is 0 Å². The molecule has 0 bridgehead atoms. The predicted octanol–water partition coefficient (Wildman–Crippen LogP) is 3.08. The summed E-state index contributed by atoms with van der Waals surface area (Å²) in [5, 5.41) is 0. The van der Waals surface area contributed by atoms with E-state index in [0.29, 0.717) is 0 Å². The molecule has 0 fully saturated rings. The van der Waals surface area contributed by atoms with Crippen molar-refractivity contribution in [1.29, 1.82) is 0 Å². The fraction of sp³-hybridized carbons (Fsp3) is 0.333. The number of hydrogen-bond acceptors (Lipinski definition) is 0. The monoisotopic (exact) mass is 122 g/mol. The highest BCUT2D eigenvalue weighted by molar-refractivity contribution is 4.97. The summed E-state index contributed by atoms with van der Waals surface area (Å²) in [5.41, 5.74) is 0. The number of hydrogen-bond donors (Lipinski definition) is 0. The maximum atomic E-state index is 3.57. The van der Waals surface area contributed by atoms with E-state index in [2.05, 4.69) is 24.8 Å². The molecule has 0 aromatic heterocycles. The molecule has 0 heteroatoms. The Balaban J connectivity index is 3.08. The Morgan fingerprint density at radius 2 is 1.89 bits per heavy atom. The van der Waals surface area contributed by atoms with E-state index in [4.69, 9.17) is 0 Å². The quantitative estimate of drug-likeness (QED) is 0.305. The van der Waals surface area contributed by atoms with Crippen LogP contribution in [0.4, 0.5) is 0 Å². The third kappa shape index (κ3) is 7.22. The third-order valence-electron chi connectivity index (χ3n) is 1.01. The molecule has 0 radical (unpaired) electrons. The van der Waals surface area contributed by atoms with Gasteiger partial charge in [0.1, 0.15) is 0 Å². The third-order valence-corrected chi connectivity index (χ3v) is 1.01. The Hall–Kier alpha value is -0.780. The van der Waals surface area contributed by atoms with Crippen LogP contribution in [-0.4, -0.2) is 0 Å². The molecule has 0 unspecified atom stereocenters. The molecule has 0 rings (SSSR count). The second kappa shape index (κ2) is 7.22. The highest BCUT2D eigenvalue weighted by atomic mass is 13.8. The smallest absolute Gasteiger partial charge is 0.0313 e. The Labute approximate surface area is 57.6 Å². The minimum atomic E-state index is 1.12. The molecule has 0 aromatic rings. The molecule has 50 valence electrons. The van der Waals surface area contributed by atoms with Gasteiger partial charge in [-0.3, -0.25) is 0 Å². The topological polar surface area (TPSA) is 0 Å². The van der Waals surface area contributed by atoms with E-state index < -0.39 is 0 Å². The summed E-state index contributed by atoms with van der Waals surface area (Å²) in [5.74, 6) is 0. The lowest BCUT2D eigenvalue weighted by molar-refractivity contribution is 1.05. The van der Waals surface area contributed by atoms with Crippen LogP contribution in [0.1, 0.15) is 19.8 Å². The van der Waals surface area contributed by atoms with Gasteiger partial charge in [0.15, 0.2) is 0 Å². The summed E-state index contributed by atoms with van der Waals surface area (Å²) in [7, 11) is 0. The first-order chi connectivity index (χ1) is 4.41. The molecule has 0 heterocycles. The van der Waals surface area contributed by atoms with Crippen molar-refractivity contribution < 1.29 is 0 Å². The van der Waals surface area contributed by atoms with Crippen molar-refractivity contribution in [2.45, 2.75) is 19.8 Å². The largest absolute Gasteiger partial charge is 0.0991 e. The van der Waals surface area contributed by atoms with Gasteiger partial charge in [-0.25, -0.2) is 0 Å². The van der Waals surface area contributed by atoms with E-state index >= 15 is 0 Å². The van der Waals surface area contributed by atoms with Crippen LogP contribution < -0.4 is 0 Å². The molecule has 0 aliphatic rings. The van der Waals surface area contributed by atoms with Crippen molar-refractivity contribution in [1.82, 2.24) is 0 Å². The fourth-order valence-electron chi connectivity index (χ4n) is 0.552. The van der Waals surface area contributed by atoms with Crippen LogP contribution in [0, 0.1) is 0 Å². The number of rotatable bonds is 4. The van der Waals surface area contributed by atoms with Crippen LogP contribution in [0.25, 0.3) is 0 Å². The maximum absolute atomic E-state index is 3.57. The van der Waals surface area contributed by atoms with E-state index in [1.807, 2.05) is 13.0 Å². The first kappa shape index (κ1) is 8.22. The minimum absolute atomic E-state index is 1.12. The zero-order chi connectivity index (χ0) is 6.95. The molecule has 0 saturated carbocycles. The van der Waals surface area contributed by atoms with Gasteiger partial charge < -0.3 is 0 Å². The van der Waals surface area contributed by atoms with Gasteiger partial charge in [-0.2, -0.15) is 0 Å². The predicted molar refractivity (Wildman–Crippen MR) is 43.4 cm³/mol. The lowest BCUT2D eigenvalue weighted by atomic mass is 10.3. The molecule has 0 saturated heterocycles. The van der Waals surface area contributed by atoms with Gasteiger partial charge in [0, 0.05) is 0 Å². The molecule has 9 heavy (non-hydrogen) atoms. The normalized spacial score (nSPS) is 11.2. The summed E-state index contributed by atoms with van der Waals surface area (Å²) < 4.78 is 0. The van der Waals surface area contributed by atoms with Gasteiger partial charge in [-0.15, -0.1) is 0 Å². The van der Waals surface area contributed by atoms with Crippen LogP contribution in [0.2, 0.25) is 0 Å². The second-order valence-corrected chi connectivity index (χ2v) is 1.81. The zero-order valence-electron chi connectivity index (χ0n) is 6.01. The van der Waals surface area contributed by atoms with Gasteiger partial charge in [0.25, 0.3) is 0 Å². The lowest BCUT2D eigenvalue weighted by Gasteiger charge is -1.81. The van der Waals surface area contributed by atoms with Crippen molar-refractivity contribution in [2.75, 3.05) is 0 Å². The van der Waals surface area contributed by atoms with E-state index in [9.17, 15) is 0 Å². The number of unbranched alkanes of at least 4 members (excludes halogenated alkanes) is 1. The van der Waals surface area contributed by atoms with Crippen molar-refractivity contribution in [3.8, 4) is 0 Å². The molecule has 0 aliphatic heterocycles. The molecular weight excluding hydrogens is 108 g/mol. The number of allylic oxidation sites excluding steroid dienone is 5. The molecular formula is C9H14. The van der Waals surface area contributed by atoms with Gasteiger partial charge in [0.05, 0.1) is 0 Å². The minimum Gasteiger partial charge on any atom is -0.0991 e. The molecule has 0 amide bonds. The van der Waals surface area contributed by atoms with E-state index in [0.717, 1.165) is 12.8 Å². The van der Waals surface area contributed by atoms with Crippen molar-refractivity contribution >= 4 is 0 Å². The van der Waals surface area contributed by atoms with Crippen molar-refractivity contribution in [3.63, 3.8) is 0 Å². The summed E-state index contributed by atoms with van der Waals surface area (Å²) in [4.78, 5) is 0. The van der Waals surface area contributed by atoms with E-state index in [1.165, 1.54) is 0 Å². The summed E-state index contributed by atoms with van der Waals surface area (Å²) in [6.45, 7) is 5.61. The first-order valence-corrected chi connectivity index (χ1v) is 3.30. The molecule has 0 spiro atoms. The van der Waals surface area contributed by atoms with Gasteiger partial charge >= 0.3 is 0 Å². The Bertz CT molecular complexity index is 107. The fourth-order valence-corrected chi connectivity index (χ4v) is 0.552. The highest BCUT2D eigenvalue weighted by Crippen LogP contribution is 1.91. The van der Waals surface area contributed by atoms with Gasteiger partial charge in [0.2, 0.25) is 0 Å². The van der Waals surface area contributed by atoms with Crippen LogP contribution in [0.5, 0.6) is 0 Å². The molecule has 0 nitrogen and oxygen atoms in total. The molecule has 0 aliphatic carbocycles. The van der Waals surface area contributed by atoms with Crippen molar-refractivity contribution in [3.05, 3.63) is 37.0 Å². The maximum Gasteiger partial charge on any atom is -0.0313 e. The molecule has 0 N–H and O–H groups in total. The highest BCUT2D eigenvalue weighted by Gasteiger charge is 1.71. The van der Waals surface area contributed by atoms with Gasteiger partial charge in [-0.05, 0) is 19.8 Å². The summed E-state index contributed by atoms with van der Waals surface area (Å²) in [6, 6.07) is 0. The standard InChI is InChI=1S/C9H14/c1-3-5-7-9-8-6-4-2/h3-7H,1,8-9H2,2H3/b6-4+,7-5+. The average molecular weight is 122 g/mol. The SMILES string of the molecule is C=C/C=C/CC/C=C/C. The first-order valence-electron chi connectivity index (χ1n) is 3.30. The average Bonchev–Trinajstić information content (AvgIpc) is 1.89.